The molecule has 0 N–H and O–H groups in total. The normalized spacial score (nSPS) is 32.0. The second-order valence-electron chi connectivity index (χ2n) is 18.0. The van der Waals surface area contributed by atoms with E-state index in [9.17, 15) is 50.0 Å². The van der Waals surface area contributed by atoms with Gasteiger partial charge in [-0.2, -0.15) is 0 Å². The van der Waals surface area contributed by atoms with Crippen LogP contribution in [0.1, 0.15) is 137 Å². The second kappa shape index (κ2) is 18.7. The number of nitro groups is 4. The molecule has 0 radical (unpaired) electrons. The monoisotopic (exact) mass is 864 g/mol. The van der Waals surface area contributed by atoms with Crippen molar-refractivity contribution in [3.8, 4) is 0 Å². The highest BCUT2D eigenvalue weighted by atomic mass is 16.6. The van der Waals surface area contributed by atoms with Gasteiger partial charge >= 0.3 is 11.9 Å². The van der Waals surface area contributed by atoms with E-state index >= 15 is 0 Å². The van der Waals surface area contributed by atoms with Crippen molar-refractivity contribution in [2.45, 2.75) is 141 Å². The molecule has 0 aliphatic heterocycles. The Morgan fingerprint density at radius 2 is 0.855 bits per heavy atom. The lowest BCUT2D eigenvalue weighted by atomic mass is 9.56. The third kappa shape index (κ3) is 8.76. The number of hydrogen-bond acceptors (Lipinski definition) is 14. The van der Waals surface area contributed by atoms with Gasteiger partial charge in [-0.3, -0.25) is 40.5 Å². The maximum atomic E-state index is 13.1. The van der Waals surface area contributed by atoms with Gasteiger partial charge in [-0.05, 0) is 102 Å². The van der Waals surface area contributed by atoms with Gasteiger partial charge in [0, 0.05) is 61.2 Å². The maximum absolute atomic E-state index is 13.1. The Morgan fingerprint density at radius 1 is 0.516 bits per heavy atom. The molecule has 18 nitrogen and oxygen atoms in total. The third-order valence-electron chi connectivity index (χ3n) is 15.3. The summed E-state index contributed by atoms with van der Waals surface area (Å²) in [5.74, 6) is 0.398. The van der Waals surface area contributed by atoms with Crippen LogP contribution in [0.5, 0.6) is 0 Å². The van der Waals surface area contributed by atoms with Crippen LogP contribution in [-0.2, 0) is 18.9 Å². The molecule has 18 heteroatoms. The van der Waals surface area contributed by atoms with Crippen molar-refractivity contribution in [1.82, 2.24) is 0 Å². The van der Waals surface area contributed by atoms with E-state index in [0.717, 1.165) is 113 Å². The molecule has 6 aliphatic rings. The van der Waals surface area contributed by atoms with Crippen molar-refractivity contribution < 1.29 is 48.2 Å². The van der Waals surface area contributed by atoms with E-state index in [1.165, 1.54) is 12.8 Å². The van der Waals surface area contributed by atoms with Crippen LogP contribution in [0.15, 0.2) is 36.4 Å². The van der Waals surface area contributed by atoms with Crippen LogP contribution in [-0.4, -0.2) is 69.3 Å². The summed E-state index contributed by atoms with van der Waals surface area (Å²) in [6.45, 7) is 5.08. The number of hydrogen-bond donors (Lipinski definition) is 0. The van der Waals surface area contributed by atoms with Gasteiger partial charge in [0.25, 0.3) is 22.7 Å². The molecule has 6 fully saturated rings. The largest absolute Gasteiger partial charge is 0.458 e. The summed E-state index contributed by atoms with van der Waals surface area (Å²) in [4.78, 5) is 68.0. The Labute approximate surface area is 359 Å². The van der Waals surface area contributed by atoms with Crippen LogP contribution >= 0.6 is 0 Å². The van der Waals surface area contributed by atoms with Crippen LogP contribution in [0.25, 0.3) is 0 Å². The van der Waals surface area contributed by atoms with Gasteiger partial charge in [-0.25, -0.2) is 9.59 Å². The minimum Gasteiger partial charge on any atom is -0.458 e. The smallest absolute Gasteiger partial charge is 0.338 e. The quantitative estimate of drug-likeness (QED) is 0.110. The van der Waals surface area contributed by atoms with Crippen LogP contribution in [0.2, 0.25) is 0 Å². The van der Waals surface area contributed by atoms with E-state index in [1.54, 1.807) is 0 Å². The van der Waals surface area contributed by atoms with E-state index < -0.39 is 54.4 Å². The molecule has 0 unspecified atom stereocenters. The van der Waals surface area contributed by atoms with Crippen LogP contribution in [0.3, 0.4) is 0 Å². The number of carbonyl (C=O) groups excluding carboxylic acids is 2. The summed E-state index contributed by atoms with van der Waals surface area (Å²) in [6.07, 6.45) is 15.8. The molecule has 6 saturated carbocycles. The van der Waals surface area contributed by atoms with E-state index in [0.29, 0.717) is 49.7 Å². The van der Waals surface area contributed by atoms with Crippen LogP contribution in [0, 0.1) is 75.0 Å². The molecule has 0 amide bonds. The first-order chi connectivity index (χ1) is 29.7. The Bertz CT molecular complexity index is 1860. The summed E-state index contributed by atoms with van der Waals surface area (Å²) in [6, 6.07) is 5.93. The number of non-ortho nitro benzene ring substituents is 4. The van der Waals surface area contributed by atoms with Crippen molar-refractivity contribution in [1.29, 1.82) is 0 Å². The molecule has 10 atom stereocenters. The molecule has 0 aromatic heterocycles. The molecule has 336 valence electrons. The molecule has 2 aromatic rings. The summed E-state index contributed by atoms with van der Waals surface area (Å²) in [5, 5.41) is 44.8. The van der Waals surface area contributed by atoms with Gasteiger partial charge in [-0.1, -0.05) is 25.7 Å². The van der Waals surface area contributed by atoms with Crippen molar-refractivity contribution in [3.63, 3.8) is 0 Å². The lowest BCUT2D eigenvalue weighted by Gasteiger charge is -2.52. The Kier molecular flexibility index (Phi) is 13.6. The zero-order valence-electron chi connectivity index (χ0n) is 35.3. The summed E-state index contributed by atoms with van der Waals surface area (Å²) < 4.78 is 23.9. The first kappa shape index (κ1) is 44.9. The topological polar surface area (TPSA) is 244 Å². The fraction of sp³-hybridized carbons (Fsp3) is 0.682. The molecule has 2 spiro atoms. The zero-order chi connectivity index (χ0) is 44.3. The second-order valence-corrected chi connectivity index (χ2v) is 18.0. The van der Waals surface area contributed by atoms with Crippen LogP contribution < -0.4 is 0 Å². The summed E-state index contributed by atoms with van der Waals surface area (Å²) in [7, 11) is 0. The highest BCUT2D eigenvalue weighted by Gasteiger charge is 2.61. The van der Waals surface area contributed by atoms with E-state index in [4.69, 9.17) is 18.9 Å². The lowest BCUT2D eigenvalue weighted by Crippen LogP contribution is -2.53. The minimum atomic E-state index is -0.738. The summed E-state index contributed by atoms with van der Waals surface area (Å²) in [5.41, 5.74) is -2.44. The van der Waals surface area contributed by atoms with Gasteiger partial charge in [0.05, 0.1) is 55.2 Å². The van der Waals surface area contributed by atoms with Crippen molar-refractivity contribution in [2.24, 2.45) is 34.5 Å². The van der Waals surface area contributed by atoms with Gasteiger partial charge in [0.2, 0.25) is 0 Å². The molecule has 8 rings (SSSR count). The molecule has 62 heavy (non-hydrogen) atoms. The third-order valence-corrected chi connectivity index (χ3v) is 15.3. The highest BCUT2D eigenvalue weighted by Crippen LogP contribution is 2.64. The van der Waals surface area contributed by atoms with Gasteiger partial charge in [0.1, 0.15) is 12.2 Å². The number of nitro benzene ring substituents is 4. The first-order valence-electron chi connectivity index (χ1n) is 22.2. The highest BCUT2D eigenvalue weighted by molar-refractivity contribution is 5.92. The number of esters is 2. The average Bonchev–Trinajstić information content (AvgIpc) is 3.84. The predicted octanol–water partition coefficient (Wildman–Crippen LogP) is 9.63. The fourth-order valence-electron chi connectivity index (χ4n) is 12.9. The Hall–Kier alpha value is -5.10. The molecular formula is C44H56N4O14. The minimum absolute atomic E-state index is 0.0125. The summed E-state index contributed by atoms with van der Waals surface area (Å²) >= 11 is 0. The van der Waals surface area contributed by atoms with E-state index in [2.05, 4.69) is 0 Å². The van der Waals surface area contributed by atoms with E-state index in [-0.39, 0.29) is 46.4 Å². The predicted molar refractivity (Wildman–Crippen MR) is 221 cm³/mol. The first-order valence-corrected chi connectivity index (χ1v) is 22.2. The zero-order valence-corrected chi connectivity index (χ0v) is 35.3. The number of ether oxygens (including phenoxy) is 4. The maximum Gasteiger partial charge on any atom is 0.338 e. The van der Waals surface area contributed by atoms with Gasteiger partial charge < -0.3 is 18.9 Å². The number of rotatable bonds is 12. The van der Waals surface area contributed by atoms with Crippen molar-refractivity contribution >= 4 is 34.7 Å². The Balaban J connectivity index is 0.000000186. The standard InChI is InChI=1S/2C22H28N2O7/c2*1-2-30-19-11-16-7-6-15-5-3-4-8-22(15,16)20(13-19)31-21(25)14-9-17(23(26)27)12-18(10-14)24(28)29/h2*9-10,12,15-16,19-20H,2-8,11,13H2,1H3/t2*15-,16+,19-,20-,22+/m11/s1. The molecule has 2 aromatic carbocycles. The molecule has 0 bridgehead atoms. The fourth-order valence-corrected chi connectivity index (χ4v) is 12.9. The number of benzene rings is 2. The van der Waals surface area contributed by atoms with Crippen molar-refractivity contribution in [2.75, 3.05) is 13.2 Å². The Morgan fingerprint density at radius 3 is 1.18 bits per heavy atom. The molecule has 0 heterocycles. The molecular weight excluding hydrogens is 808 g/mol. The lowest BCUT2D eigenvalue weighted by molar-refractivity contribution is -0.394. The van der Waals surface area contributed by atoms with Crippen LogP contribution in [0.4, 0.5) is 22.7 Å². The molecule has 0 saturated heterocycles. The number of carbonyl (C=O) groups is 2. The van der Waals surface area contributed by atoms with Crippen molar-refractivity contribution in [3.05, 3.63) is 88.0 Å². The SMILES string of the molecule is CCO[C@@H]1C[C@@H]2CC[C@H]3CCCC[C@]32[C@H](OC(=O)c2cc([N+](=O)[O-])cc([N+](=O)[O-])c2)C1.CCO[C@@H]1C[C@@H]2CC[C@H]3CCCC[C@]32[C@H](OC(=O)c2cc([N+](=O)[O-])cc([N+](=O)[O-])c2)C1. The average molecular weight is 865 g/mol. The number of nitrogens with zero attached hydrogens (tertiary/aromatic N) is 4. The molecule has 6 aliphatic carbocycles. The van der Waals surface area contributed by atoms with Gasteiger partial charge in [0.15, 0.2) is 0 Å². The van der Waals surface area contributed by atoms with E-state index in [1.807, 2.05) is 13.8 Å². The van der Waals surface area contributed by atoms with Gasteiger partial charge in [-0.15, -0.1) is 0 Å².